The molecule has 3 heterocycles. The molecule has 4 N–H and O–H groups in total. The number of terminal acetylenes is 1. The van der Waals surface area contributed by atoms with Gasteiger partial charge in [-0.2, -0.15) is 4.68 Å². The highest BCUT2D eigenvalue weighted by Crippen LogP contribution is 2.37. The van der Waals surface area contributed by atoms with E-state index in [9.17, 15) is 56.7 Å². The van der Waals surface area contributed by atoms with Crippen LogP contribution in [0.25, 0.3) is 5.69 Å². The average Bonchev–Trinajstić information content (AvgIpc) is 1.79. The molecule has 0 bridgehead atoms. The molecule has 2 aliphatic heterocycles. The third-order valence-electron chi connectivity index (χ3n) is 13.9. The van der Waals surface area contributed by atoms with Crippen LogP contribution < -0.4 is 30.7 Å². The lowest BCUT2D eigenvalue weighted by Gasteiger charge is -2.35. The van der Waals surface area contributed by atoms with Gasteiger partial charge in [-0.05, 0) is 94.3 Å². The number of aliphatic carboxylic acids is 1. The van der Waals surface area contributed by atoms with Crippen molar-refractivity contribution in [2.75, 3.05) is 61.7 Å². The minimum atomic E-state index is -3.70. The molecule has 91 heavy (non-hydrogen) atoms. The van der Waals surface area contributed by atoms with E-state index in [0.717, 1.165) is 78.5 Å². The first kappa shape index (κ1) is 76.8. The fourth-order valence-electron chi connectivity index (χ4n) is 9.49. The van der Waals surface area contributed by atoms with Crippen LogP contribution in [-0.2, 0) is 62.5 Å². The van der Waals surface area contributed by atoms with E-state index in [1.807, 2.05) is 57.2 Å². The van der Waals surface area contributed by atoms with Crippen molar-refractivity contribution < 1.29 is 70.9 Å². The normalized spacial score (nSPS) is 15.6. The summed E-state index contributed by atoms with van der Waals surface area (Å²) in [6.45, 7) is 10.8. The highest BCUT2D eigenvalue weighted by molar-refractivity contribution is 7.90. The van der Waals surface area contributed by atoms with Gasteiger partial charge in [0.15, 0.2) is 39.4 Å². The number of hydrogen-bond acceptors (Lipinski definition) is 17. The number of halogens is 5. The van der Waals surface area contributed by atoms with Crippen LogP contribution in [0.2, 0.25) is 10.0 Å². The van der Waals surface area contributed by atoms with Crippen LogP contribution in [0.4, 0.5) is 17.1 Å². The lowest BCUT2D eigenvalue weighted by molar-refractivity contribution is -0.385. The number of para-hydroxylation sites is 3. The van der Waals surface area contributed by atoms with E-state index in [4.69, 9.17) is 94.4 Å². The van der Waals surface area contributed by atoms with E-state index in [0.29, 0.717) is 53.4 Å². The highest BCUT2D eigenvalue weighted by atomic mass is 35.5. The molecule has 4 aromatic carbocycles. The second-order valence-corrected chi connectivity index (χ2v) is 27.8. The number of benzene rings is 4. The molecule has 31 heteroatoms. The Hall–Kier alpha value is -6.69. The number of aromatic nitrogens is 3. The Labute approximate surface area is 551 Å². The number of nitrogens with two attached hydrogens (primary N) is 1. The molecular weight excluding hydrogens is 1330 g/mol. The van der Waals surface area contributed by atoms with E-state index < -0.39 is 73.5 Å². The summed E-state index contributed by atoms with van der Waals surface area (Å²) in [5, 5.41) is 24.5. The summed E-state index contributed by atoms with van der Waals surface area (Å²) >= 11 is 29.3. The molecule has 24 nitrogen and oxygen atoms in total. The maximum Gasteiger partial charge on any atom is 0.350 e. The van der Waals surface area contributed by atoms with Crippen molar-refractivity contribution in [1.29, 1.82) is 0 Å². The van der Waals surface area contributed by atoms with Gasteiger partial charge in [0.05, 0.1) is 61.2 Å². The highest BCUT2D eigenvalue weighted by Gasteiger charge is 2.39. The van der Waals surface area contributed by atoms with Crippen LogP contribution in [0.15, 0.2) is 82.5 Å². The Morgan fingerprint density at radius 1 is 0.989 bits per heavy atom. The number of ketones is 3. The summed E-state index contributed by atoms with van der Waals surface area (Å²) in [4.78, 5) is 104. The molecule has 1 saturated carbocycles. The molecule has 0 radical (unpaired) electrons. The van der Waals surface area contributed by atoms with Gasteiger partial charge in [0.2, 0.25) is 5.91 Å². The number of carbonyl (C=O) groups excluding carboxylic acids is 5. The second kappa shape index (κ2) is 35.4. The Bertz CT molecular complexity index is 3730. The fraction of sp³-hybridized carbons (Fsp3) is 0.433. The van der Waals surface area contributed by atoms with Crippen LogP contribution in [-0.4, -0.2) is 148 Å². The van der Waals surface area contributed by atoms with Gasteiger partial charge in [0.1, 0.15) is 48.4 Å². The first-order valence-electron chi connectivity index (χ1n) is 28.1. The Balaban J connectivity index is 0.000000247. The Kier molecular flexibility index (Phi) is 29.8. The molecule has 494 valence electrons. The number of alkyl halides is 3. The number of amides is 2. The van der Waals surface area contributed by atoms with Crippen LogP contribution in [0, 0.1) is 35.3 Å². The lowest BCUT2D eigenvalue weighted by Crippen LogP contribution is -2.47. The number of methoxy groups -OCH3 is 1. The number of anilines is 2. The maximum absolute atomic E-state index is 12.5. The number of rotatable bonds is 18. The third-order valence-corrected chi connectivity index (χ3v) is 17.3. The van der Waals surface area contributed by atoms with Gasteiger partial charge in [0, 0.05) is 64.1 Å². The number of carboxylic acids is 1. The summed E-state index contributed by atoms with van der Waals surface area (Å²) in [7, 11) is -5.16. The zero-order valence-corrected chi connectivity index (χ0v) is 56.3. The summed E-state index contributed by atoms with van der Waals surface area (Å²) in [5.74, 6) is -0.983. The monoisotopic (exact) mass is 1400 g/mol. The molecule has 4 atom stereocenters. The van der Waals surface area contributed by atoms with E-state index in [-0.39, 0.29) is 72.4 Å². The van der Waals surface area contributed by atoms with Crippen molar-refractivity contribution >= 4 is 127 Å². The first-order chi connectivity index (χ1) is 42.7. The molecule has 5 aromatic rings. The minimum Gasteiger partial charge on any atom is -0.489 e. The summed E-state index contributed by atoms with van der Waals surface area (Å²) in [6, 6.07) is 18.2. The van der Waals surface area contributed by atoms with Crippen molar-refractivity contribution in [3.8, 4) is 29.5 Å². The van der Waals surface area contributed by atoms with Crippen LogP contribution >= 0.6 is 65.4 Å². The first-order valence-corrected chi connectivity index (χ1v) is 34.5. The number of nitro benzene ring substituents is 1. The van der Waals surface area contributed by atoms with E-state index in [1.165, 1.54) is 17.4 Å². The quantitative estimate of drug-likeness (QED) is 0.0140. The molecule has 2 amide bonds. The smallest absolute Gasteiger partial charge is 0.350 e. The van der Waals surface area contributed by atoms with Crippen molar-refractivity contribution in [3.63, 3.8) is 0 Å². The standard InChI is InChI=1S/C15H13Cl2N3O2.C15H22ClNO2.C14H13NO7S.C11H11Cl2NO2.C5H12NO4P/c1-2-7-22-13-9-12(10(16)8-11(13)17)20-15(21)19-6-4-3-5-14(19)18-20;1-5-13-8-6-7-11(2)15(13)17(14(18)9-16)12(3)10-19-4;1-23(21,22)8-5-6-9(10(7-8)15(19)20)14(18)13-11(16)3-2-4-12(13)17;1-7-6-16-9-5-3-2-4-8(9)14(7)11(15)10(12)13;1-11(9,10)3-2-4(6)5(7)8/h1,8-9H,3-7H2;6-8,12H,5,9-10H2,1-4H3;5-7,13H,2-4H2,1H3;2-5,7,10H,6H2,1H3;4H,2-3,6H2,1H3,(H,7,8)(H,9,10). The number of hydrogen-bond donors (Lipinski definition) is 3. The molecule has 8 rings (SSSR count). The number of fused-ring (bicyclic) bond motifs is 2. The average molecular weight is 1400 g/mol. The van der Waals surface area contributed by atoms with E-state index in [2.05, 4.69) is 24.0 Å². The molecule has 4 unspecified atom stereocenters. The number of nitro groups is 1. The zero-order valence-electron chi connectivity index (χ0n) is 50.8. The van der Waals surface area contributed by atoms with Crippen molar-refractivity contribution in [3.05, 3.63) is 126 Å². The van der Waals surface area contributed by atoms with Crippen molar-refractivity contribution in [1.82, 2.24) is 14.3 Å². The second-order valence-electron chi connectivity index (χ2n) is 21.0. The number of sulfone groups is 1. The Morgan fingerprint density at radius 3 is 2.21 bits per heavy atom. The van der Waals surface area contributed by atoms with Crippen LogP contribution in [0.1, 0.15) is 86.6 Å². The van der Waals surface area contributed by atoms with Crippen LogP contribution in [0.5, 0.6) is 11.5 Å². The van der Waals surface area contributed by atoms with Gasteiger partial charge < -0.3 is 39.7 Å². The largest absolute Gasteiger partial charge is 0.489 e. The zero-order chi connectivity index (χ0) is 68.2. The predicted molar refractivity (Wildman–Crippen MR) is 348 cm³/mol. The number of nitrogens with zero attached hydrogens (tertiary/aromatic N) is 6. The van der Waals surface area contributed by atoms with Gasteiger partial charge in [-0.3, -0.25) is 48.0 Å². The SMILES string of the molecule is C#CCOc1cc(-n2nc3n(c2=O)CCCC3)c(Cl)cc1Cl.CC1COc2ccccc2N1C(=O)C(Cl)Cl.CCc1cccc(C)c1N(C(=O)CCl)C(C)COC.CP(=O)(O)CCC(N)C(=O)O.CS(=O)(=O)c1ccc(C(=O)C2C(=O)CCCC2=O)c([N+](=O)[O-])c1. The minimum absolute atomic E-state index is 0.0223. The molecule has 1 aliphatic carbocycles. The van der Waals surface area contributed by atoms with Crippen molar-refractivity contribution in [2.45, 2.75) is 113 Å². The third kappa shape index (κ3) is 21.4. The van der Waals surface area contributed by atoms with Gasteiger partial charge in [-0.1, -0.05) is 89.6 Å². The molecular formula is C60H71Cl5N7O17PS. The fourth-order valence-corrected chi connectivity index (χ4v) is 11.7. The maximum atomic E-state index is 12.5. The number of ether oxygens (including phenoxy) is 3. The predicted octanol–water partition coefficient (Wildman–Crippen LogP) is 9.27. The molecule has 3 aliphatic rings. The number of aryl methyl sites for hydroxylation is 3. The van der Waals surface area contributed by atoms with Gasteiger partial charge in [-0.25, -0.2) is 13.2 Å². The van der Waals surface area contributed by atoms with Gasteiger partial charge in [-0.15, -0.1) is 23.1 Å². The van der Waals surface area contributed by atoms with Crippen LogP contribution in [0.3, 0.4) is 0 Å². The Morgan fingerprint density at radius 2 is 1.65 bits per heavy atom. The van der Waals surface area contributed by atoms with Crippen molar-refractivity contribution in [2.24, 2.45) is 11.7 Å². The topological polar surface area (TPSA) is 337 Å². The summed E-state index contributed by atoms with van der Waals surface area (Å²) in [6.07, 6.45) is 10.2. The van der Waals surface area contributed by atoms with E-state index in [1.54, 1.807) is 27.5 Å². The number of carbonyl (C=O) groups is 6. The molecule has 1 aromatic heterocycles. The molecule has 1 fully saturated rings. The van der Waals surface area contributed by atoms with E-state index >= 15 is 0 Å². The lowest BCUT2D eigenvalue weighted by atomic mass is 9.81. The van der Waals surface area contributed by atoms with Gasteiger partial charge >= 0.3 is 11.7 Å². The molecule has 0 spiro atoms. The molecule has 0 saturated heterocycles. The summed E-state index contributed by atoms with van der Waals surface area (Å²) in [5.41, 5.74) is 8.08. The number of carboxylic acid groups (broad SMARTS) is 1. The van der Waals surface area contributed by atoms with Gasteiger partial charge in [0.25, 0.3) is 11.6 Å². The summed E-state index contributed by atoms with van der Waals surface area (Å²) < 4.78 is 52.6. The number of Topliss-reactive ketones (excluding diaryl/α,β-unsaturated/α-hetero) is 3.